The Kier molecular flexibility index (Phi) is 4.68. The SMILES string of the molecule is Cc1c(C(C)NC(=O)[C@@H](N)CC(C)C)oc2ccccc12. The predicted molar refractivity (Wildman–Crippen MR) is 84.9 cm³/mol. The van der Waals surface area contributed by atoms with E-state index < -0.39 is 6.04 Å². The summed E-state index contributed by atoms with van der Waals surface area (Å²) >= 11 is 0. The molecule has 1 heterocycles. The van der Waals surface area contributed by atoms with E-state index in [1.165, 1.54) is 0 Å². The summed E-state index contributed by atoms with van der Waals surface area (Å²) in [5, 5.41) is 4.03. The molecule has 0 saturated carbocycles. The van der Waals surface area contributed by atoms with Crippen LogP contribution in [-0.4, -0.2) is 11.9 Å². The lowest BCUT2D eigenvalue weighted by molar-refractivity contribution is -0.123. The maximum Gasteiger partial charge on any atom is 0.237 e. The summed E-state index contributed by atoms with van der Waals surface area (Å²) in [6.45, 7) is 8.04. The number of benzene rings is 1. The molecule has 0 saturated heterocycles. The van der Waals surface area contributed by atoms with Gasteiger partial charge in [-0.1, -0.05) is 32.0 Å². The van der Waals surface area contributed by atoms with Crippen LogP contribution in [0.4, 0.5) is 0 Å². The fourth-order valence-electron chi connectivity index (χ4n) is 2.61. The standard InChI is InChI=1S/C17H24N2O2/c1-10(2)9-14(18)17(20)19-12(4)16-11(3)13-7-5-6-8-15(13)21-16/h5-8,10,12,14H,9,18H2,1-4H3,(H,19,20)/t12?,14-/m0/s1. The van der Waals surface area contributed by atoms with Gasteiger partial charge in [0.25, 0.3) is 0 Å². The number of aryl methyl sites for hydroxylation is 1. The van der Waals surface area contributed by atoms with Crippen molar-refractivity contribution in [3.8, 4) is 0 Å². The van der Waals surface area contributed by atoms with Crippen LogP contribution < -0.4 is 11.1 Å². The van der Waals surface area contributed by atoms with Crippen LogP contribution in [0.25, 0.3) is 11.0 Å². The molecule has 2 atom stereocenters. The second kappa shape index (κ2) is 6.31. The first-order chi connectivity index (χ1) is 9.90. The van der Waals surface area contributed by atoms with Crippen LogP contribution in [0.3, 0.4) is 0 Å². The molecule has 0 aliphatic heterocycles. The van der Waals surface area contributed by atoms with Crippen LogP contribution in [0.15, 0.2) is 28.7 Å². The lowest BCUT2D eigenvalue weighted by Gasteiger charge is -2.18. The Morgan fingerprint density at radius 3 is 2.57 bits per heavy atom. The lowest BCUT2D eigenvalue weighted by Crippen LogP contribution is -2.42. The van der Waals surface area contributed by atoms with Crippen molar-refractivity contribution in [3.05, 3.63) is 35.6 Å². The summed E-state index contributed by atoms with van der Waals surface area (Å²) in [5.41, 5.74) is 7.83. The third-order valence-corrected chi connectivity index (χ3v) is 3.69. The molecule has 0 radical (unpaired) electrons. The fraction of sp³-hybridized carbons (Fsp3) is 0.471. The monoisotopic (exact) mass is 288 g/mol. The Morgan fingerprint density at radius 1 is 1.29 bits per heavy atom. The van der Waals surface area contributed by atoms with E-state index >= 15 is 0 Å². The summed E-state index contributed by atoms with van der Waals surface area (Å²) in [7, 11) is 0. The number of nitrogens with two attached hydrogens (primary N) is 1. The van der Waals surface area contributed by atoms with Gasteiger partial charge in [0.2, 0.25) is 5.91 Å². The van der Waals surface area contributed by atoms with Crippen molar-refractivity contribution in [2.45, 2.75) is 46.2 Å². The van der Waals surface area contributed by atoms with Crippen LogP contribution in [0.5, 0.6) is 0 Å². The van der Waals surface area contributed by atoms with Crippen molar-refractivity contribution in [1.82, 2.24) is 5.32 Å². The highest BCUT2D eigenvalue weighted by Gasteiger charge is 2.21. The first kappa shape index (κ1) is 15.6. The fourth-order valence-corrected chi connectivity index (χ4v) is 2.61. The molecule has 0 aliphatic rings. The van der Waals surface area contributed by atoms with Crippen molar-refractivity contribution in [3.63, 3.8) is 0 Å². The maximum atomic E-state index is 12.1. The summed E-state index contributed by atoms with van der Waals surface area (Å²) in [6, 6.07) is 7.22. The van der Waals surface area contributed by atoms with E-state index in [0.29, 0.717) is 12.3 Å². The predicted octanol–water partition coefficient (Wildman–Crippen LogP) is 3.29. The quantitative estimate of drug-likeness (QED) is 0.887. The van der Waals surface area contributed by atoms with E-state index in [1.807, 2.05) is 38.1 Å². The minimum Gasteiger partial charge on any atom is -0.459 e. The van der Waals surface area contributed by atoms with Gasteiger partial charge in [-0.25, -0.2) is 0 Å². The molecular formula is C17H24N2O2. The number of nitrogens with one attached hydrogen (secondary N) is 1. The van der Waals surface area contributed by atoms with E-state index in [2.05, 4.69) is 19.2 Å². The van der Waals surface area contributed by atoms with Crippen molar-refractivity contribution in [2.24, 2.45) is 11.7 Å². The van der Waals surface area contributed by atoms with Crippen LogP contribution in [-0.2, 0) is 4.79 Å². The smallest absolute Gasteiger partial charge is 0.237 e. The van der Waals surface area contributed by atoms with Gasteiger partial charge in [0.05, 0.1) is 12.1 Å². The number of furan rings is 1. The molecule has 0 bridgehead atoms. The molecule has 4 nitrogen and oxygen atoms in total. The molecule has 21 heavy (non-hydrogen) atoms. The average molecular weight is 288 g/mol. The Labute approximate surface area is 125 Å². The Hall–Kier alpha value is -1.81. The third-order valence-electron chi connectivity index (χ3n) is 3.69. The summed E-state index contributed by atoms with van der Waals surface area (Å²) < 4.78 is 5.87. The highest BCUT2D eigenvalue weighted by molar-refractivity contribution is 5.84. The zero-order valence-electron chi connectivity index (χ0n) is 13.1. The van der Waals surface area contributed by atoms with Crippen molar-refractivity contribution in [2.75, 3.05) is 0 Å². The Balaban J connectivity index is 2.13. The summed E-state index contributed by atoms with van der Waals surface area (Å²) in [5.74, 6) is 1.06. The number of hydrogen-bond donors (Lipinski definition) is 2. The second-order valence-corrected chi connectivity index (χ2v) is 6.05. The molecule has 0 aliphatic carbocycles. The van der Waals surface area contributed by atoms with Gasteiger partial charge >= 0.3 is 0 Å². The minimum absolute atomic E-state index is 0.129. The molecule has 2 rings (SSSR count). The first-order valence-corrected chi connectivity index (χ1v) is 7.44. The van der Waals surface area contributed by atoms with Crippen LogP contribution in [0.1, 0.15) is 44.6 Å². The summed E-state index contributed by atoms with van der Waals surface area (Å²) in [6.07, 6.45) is 0.678. The molecule has 1 aromatic heterocycles. The summed E-state index contributed by atoms with van der Waals surface area (Å²) in [4.78, 5) is 12.1. The van der Waals surface area contributed by atoms with Crippen molar-refractivity contribution < 1.29 is 9.21 Å². The minimum atomic E-state index is -0.475. The van der Waals surface area contributed by atoms with E-state index in [-0.39, 0.29) is 11.9 Å². The third kappa shape index (κ3) is 3.45. The number of amides is 1. The van der Waals surface area contributed by atoms with E-state index in [0.717, 1.165) is 22.3 Å². The molecule has 3 N–H and O–H groups in total. The van der Waals surface area contributed by atoms with Gasteiger partial charge in [0, 0.05) is 10.9 Å². The van der Waals surface area contributed by atoms with Gasteiger partial charge in [-0.3, -0.25) is 4.79 Å². The van der Waals surface area contributed by atoms with Gasteiger partial charge in [-0.05, 0) is 32.3 Å². The largest absolute Gasteiger partial charge is 0.459 e. The second-order valence-electron chi connectivity index (χ2n) is 6.05. The highest BCUT2D eigenvalue weighted by atomic mass is 16.3. The number of rotatable bonds is 5. The topological polar surface area (TPSA) is 68.3 Å². The van der Waals surface area contributed by atoms with Gasteiger partial charge in [-0.2, -0.15) is 0 Å². The van der Waals surface area contributed by atoms with Gasteiger partial charge < -0.3 is 15.5 Å². The van der Waals surface area contributed by atoms with Crippen LogP contribution in [0.2, 0.25) is 0 Å². The zero-order valence-corrected chi connectivity index (χ0v) is 13.1. The molecule has 0 fully saturated rings. The van der Waals surface area contributed by atoms with Crippen molar-refractivity contribution in [1.29, 1.82) is 0 Å². The molecule has 1 unspecified atom stereocenters. The number of carbonyl (C=O) groups is 1. The first-order valence-electron chi connectivity index (χ1n) is 7.44. The molecular weight excluding hydrogens is 264 g/mol. The van der Waals surface area contributed by atoms with Crippen LogP contribution >= 0.6 is 0 Å². The Morgan fingerprint density at radius 2 is 1.95 bits per heavy atom. The van der Waals surface area contributed by atoms with Crippen LogP contribution in [0, 0.1) is 12.8 Å². The van der Waals surface area contributed by atoms with Gasteiger partial charge in [0.1, 0.15) is 11.3 Å². The molecule has 1 amide bonds. The number of carbonyl (C=O) groups excluding carboxylic acids is 1. The Bertz CT molecular complexity index is 631. The number of hydrogen-bond acceptors (Lipinski definition) is 3. The normalized spacial score (nSPS) is 14.4. The maximum absolute atomic E-state index is 12.1. The van der Waals surface area contributed by atoms with Crippen molar-refractivity contribution >= 4 is 16.9 Å². The molecule has 2 aromatic rings. The number of para-hydroxylation sites is 1. The van der Waals surface area contributed by atoms with Gasteiger partial charge in [-0.15, -0.1) is 0 Å². The molecule has 1 aromatic carbocycles. The lowest BCUT2D eigenvalue weighted by atomic mass is 10.0. The number of fused-ring (bicyclic) bond motifs is 1. The van der Waals surface area contributed by atoms with Gasteiger partial charge in [0.15, 0.2) is 0 Å². The highest BCUT2D eigenvalue weighted by Crippen LogP contribution is 2.29. The molecule has 114 valence electrons. The van der Waals surface area contributed by atoms with E-state index in [1.54, 1.807) is 0 Å². The average Bonchev–Trinajstić information content (AvgIpc) is 2.76. The molecule has 0 spiro atoms. The van der Waals surface area contributed by atoms with E-state index in [9.17, 15) is 4.79 Å². The zero-order chi connectivity index (χ0) is 15.6. The van der Waals surface area contributed by atoms with E-state index in [4.69, 9.17) is 10.2 Å². The molecule has 4 heteroatoms.